The van der Waals surface area contributed by atoms with Gasteiger partial charge in [-0.15, -0.1) is 0 Å². The van der Waals surface area contributed by atoms with Crippen LogP contribution in [-0.2, 0) is 9.59 Å². The van der Waals surface area contributed by atoms with E-state index >= 15 is 0 Å². The van der Waals surface area contributed by atoms with Crippen molar-refractivity contribution in [2.24, 2.45) is 10.2 Å². The molecule has 0 fully saturated rings. The van der Waals surface area contributed by atoms with Crippen LogP contribution in [0.4, 0.5) is 0 Å². The summed E-state index contributed by atoms with van der Waals surface area (Å²) in [6.07, 6.45) is 8.75. The van der Waals surface area contributed by atoms with Gasteiger partial charge in [0, 0.05) is 24.0 Å². The Labute approximate surface area is 262 Å². The molecule has 6 aromatic carbocycles. The van der Waals surface area contributed by atoms with Crippen molar-refractivity contribution in [2.45, 2.75) is 44.9 Å². The average molecular weight is 593 g/mol. The number of hydrogen-bond acceptors (Lipinski definition) is 4. The zero-order valence-electron chi connectivity index (χ0n) is 25.2. The fraction of sp³-hybridized carbons (Fsp3) is 0.179. The van der Waals surface area contributed by atoms with E-state index in [0.717, 1.165) is 86.3 Å². The molecule has 0 atom stereocenters. The number of fused-ring (bicyclic) bond motifs is 4. The third-order valence-corrected chi connectivity index (χ3v) is 8.20. The molecule has 0 bridgehead atoms. The first kappa shape index (κ1) is 29.7. The highest BCUT2D eigenvalue weighted by Crippen LogP contribution is 2.28. The number of nitrogens with zero attached hydrogens (tertiary/aromatic N) is 2. The Hall–Kier alpha value is -5.36. The first-order chi connectivity index (χ1) is 22.2. The summed E-state index contributed by atoms with van der Waals surface area (Å²) in [6, 6.07) is 37.2. The number of hydrogen-bond donors (Lipinski definition) is 2. The Bertz CT molecular complexity index is 1790. The first-order valence-corrected chi connectivity index (χ1v) is 15.6. The van der Waals surface area contributed by atoms with E-state index in [2.05, 4.69) is 81.7 Å². The minimum atomic E-state index is -0.0907. The molecule has 45 heavy (non-hydrogen) atoms. The molecular weight excluding hydrogens is 556 g/mol. The van der Waals surface area contributed by atoms with Gasteiger partial charge in [0.1, 0.15) is 0 Å². The van der Waals surface area contributed by atoms with Crippen LogP contribution in [0.25, 0.3) is 43.1 Å². The van der Waals surface area contributed by atoms with E-state index in [1.165, 1.54) is 0 Å². The lowest BCUT2D eigenvalue weighted by atomic mass is 9.97. The smallest absolute Gasteiger partial charge is 0.240 e. The summed E-state index contributed by atoms with van der Waals surface area (Å²) >= 11 is 0. The maximum absolute atomic E-state index is 12.4. The second kappa shape index (κ2) is 14.4. The van der Waals surface area contributed by atoms with E-state index in [0.29, 0.717) is 12.8 Å². The summed E-state index contributed by atoms with van der Waals surface area (Å²) in [7, 11) is 0. The van der Waals surface area contributed by atoms with Gasteiger partial charge in [0.25, 0.3) is 0 Å². The van der Waals surface area contributed by atoms with Crippen molar-refractivity contribution >= 4 is 67.3 Å². The quantitative estimate of drug-likeness (QED) is 0.0645. The summed E-state index contributed by atoms with van der Waals surface area (Å²) in [5.74, 6) is -0.181. The number of carbonyl (C=O) groups is 2. The second-order valence-electron chi connectivity index (χ2n) is 11.3. The third-order valence-electron chi connectivity index (χ3n) is 8.20. The Morgan fingerprint density at radius 3 is 1.13 bits per heavy atom. The van der Waals surface area contributed by atoms with Gasteiger partial charge in [-0.05, 0) is 68.1 Å². The van der Waals surface area contributed by atoms with Crippen LogP contribution in [0.1, 0.15) is 56.1 Å². The van der Waals surface area contributed by atoms with Gasteiger partial charge in [-0.2, -0.15) is 10.2 Å². The summed E-state index contributed by atoms with van der Waals surface area (Å²) in [6.45, 7) is 0. The predicted octanol–water partition coefficient (Wildman–Crippen LogP) is 8.63. The molecule has 6 nitrogen and oxygen atoms in total. The number of hydrazone groups is 2. The number of rotatable bonds is 12. The van der Waals surface area contributed by atoms with Crippen molar-refractivity contribution in [3.05, 3.63) is 120 Å². The maximum Gasteiger partial charge on any atom is 0.240 e. The van der Waals surface area contributed by atoms with Crippen molar-refractivity contribution in [3.8, 4) is 0 Å². The highest BCUT2D eigenvalue weighted by atomic mass is 16.2. The van der Waals surface area contributed by atoms with Gasteiger partial charge >= 0.3 is 0 Å². The maximum atomic E-state index is 12.4. The molecule has 0 radical (unpaired) electrons. The fourth-order valence-electron chi connectivity index (χ4n) is 5.93. The number of carbonyl (C=O) groups excluding carboxylic acids is 2. The molecule has 6 rings (SSSR count). The molecule has 6 aromatic rings. The Morgan fingerprint density at radius 2 is 0.778 bits per heavy atom. The van der Waals surface area contributed by atoms with Crippen LogP contribution >= 0.6 is 0 Å². The normalized spacial score (nSPS) is 11.7. The van der Waals surface area contributed by atoms with Crippen molar-refractivity contribution in [3.63, 3.8) is 0 Å². The first-order valence-electron chi connectivity index (χ1n) is 15.6. The van der Waals surface area contributed by atoms with Crippen LogP contribution in [0.2, 0.25) is 0 Å². The molecule has 0 aliphatic carbocycles. The summed E-state index contributed by atoms with van der Waals surface area (Å²) in [4.78, 5) is 24.8. The van der Waals surface area contributed by atoms with Gasteiger partial charge in [-0.3, -0.25) is 9.59 Å². The van der Waals surface area contributed by atoms with E-state index in [4.69, 9.17) is 0 Å². The molecule has 2 N–H and O–H groups in total. The fourth-order valence-corrected chi connectivity index (χ4v) is 5.93. The molecule has 0 aliphatic heterocycles. The number of nitrogens with one attached hydrogen (secondary N) is 2. The van der Waals surface area contributed by atoms with Crippen LogP contribution in [0.15, 0.2) is 119 Å². The monoisotopic (exact) mass is 592 g/mol. The topological polar surface area (TPSA) is 82.9 Å². The van der Waals surface area contributed by atoms with E-state index in [1.807, 2.05) is 48.5 Å². The lowest BCUT2D eigenvalue weighted by Crippen LogP contribution is -2.17. The zero-order valence-corrected chi connectivity index (χ0v) is 25.2. The van der Waals surface area contributed by atoms with Crippen molar-refractivity contribution in [1.82, 2.24) is 10.9 Å². The van der Waals surface area contributed by atoms with Gasteiger partial charge in [0.15, 0.2) is 0 Å². The SMILES string of the molecule is O=C(CCCCCCCC(=O)NN=Cc1c2ccccc2cc2ccccc12)NN=Cc1c2ccccc2cc2ccccc12. The molecule has 0 heterocycles. The standard InChI is InChI=1S/C39H36N4O2/c44-38(42-40-26-36-32-18-10-6-14-28(32)24-29-15-7-11-19-33(29)36)22-4-2-1-3-5-23-39(45)43-41-27-37-34-20-12-8-16-30(34)25-31-17-9-13-21-35(31)37/h6-21,24-27H,1-5,22-23H2,(H,42,44)(H,43,45). The Morgan fingerprint density at radius 1 is 0.467 bits per heavy atom. The molecule has 0 saturated heterocycles. The molecule has 0 unspecified atom stereocenters. The molecule has 2 amide bonds. The molecule has 0 saturated carbocycles. The highest BCUT2D eigenvalue weighted by molar-refractivity contribution is 6.14. The summed E-state index contributed by atoms with van der Waals surface area (Å²) in [5, 5.41) is 17.6. The highest BCUT2D eigenvalue weighted by Gasteiger charge is 2.08. The van der Waals surface area contributed by atoms with Gasteiger partial charge in [0.2, 0.25) is 11.8 Å². The van der Waals surface area contributed by atoms with Crippen LogP contribution in [0, 0.1) is 0 Å². The van der Waals surface area contributed by atoms with E-state index < -0.39 is 0 Å². The molecule has 0 spiro atoms. The van der Waals surface area contributed by atoms with Crippen LogP contribution in [0.5, 0.6) is 0 Å². The van der Waals surface area contributed by atoms with Crippen molar-refractivity contribution < 1.29 is 9.59 Å². The van der Waals surface area contributed by atoms with Crippen LogP contribution < -0.4 is 10.9 Å². The van der Waals surface area contributed by atoms with Crippen LogP contribution in [-0.4, -0.2) is 24.2 Å². The zero-order chi connectivity index (χ0) is 30.8. The van der Waals surface area contributed by atoms with Gasteiger partial charge < -0.3 is 0 Å². The molecule has 6 heteroatoms. The third kappa shape index (κ3) is 7.24. The van der Waals surface area contributed by atoms with E-state index in [1.54, 1.807) is 12.4 Å². The van der Waals surface area contributed by atoms with Crippen molar-refractivity contribution in [2.75, 3.05) is 0 Å². The lowest BCUT2D eigenvalue weighted by Gasteiger charge is -2.08. The van der Waals surface area contributed by atoms with Gasteiger partial charge in [-0.25, -0.2) is 10.9 Å². The second-order valence-corrected chi connectivity index (χ2v) is 11.3. The molecule has 0 aromatic heterocycles. The van der Waals surface area contributed by atoms with Crippen LogP contribution in [0.3, 0.4) is 0 Å². The molecule has 0 aliphatic rings. The Kier molecular flexibility index (Phi) is 9.51. The number of unbranched alkanes of at least 4 members (excludes halogenated alkanes) is 4. The minimum absolute atomic E-state index is 0.0907. The summed E-state index contributed by atoms with van der Waals surface area (Å²) in [5.41, 5.74) is 7.39. The van der Waals surface area contributed by atoms with Crippen molar-refractivity contribution in [1.29, 1.82) is 0 Å². The minimum Gasteiger partial charge on any atom is -0.273 e. The molecular formula is C39H36N4O2. The van der Waals surface area contributed by atoms with Gasteiger partial charge in [0.05, 0.1) is 12.4 Å². The lowest BCUT2D eigenvalue weighted by molar-refractivity contribution is -0.121. The van der Waals surface area contributed by atoms with E-state index in [9.17, 15) is 9.59 Å². The Balaban J connectivity index is 0.908. The van der Waals surface area contributed by atoms with Gasteiger partial charge in [-0.1, -0.05) is 116 Å². The predicted molar refractivity (Wildman–Crippen MR) is 187 cm³/mol. The largest absolute Gasteiger partial charge is 0.273 e. The van der Waals surface area contributed by atoms with E-state index in [-0.39, 0.29) is 11.8 Å². The average Bonchev–Trinajstić information content (AvgIpc) is 3.07. The molecule has 224 valence electrons. The summed E-state index contributed by atoms with van der Waals surface area (Å²) < 4.78 is 0. The number of amides is 2. The number of benzene rings is 6.